The number of sulfonamides is 1. The van der Waals surface area contributed by atoms with E-state index in [0.29, 0.717) is 22.3 Å². The van der Waals surface area contributed by atoms with Gasteiger partial charge in [-0.25, -0.2) is 13.4 Å². The number of H-pyrrole nitrogens is 1. The zero-order chi connectivity index (χ0) is 18.5. The van der Waals surface area contributed by atoms with Crippen LogP contribution in [0.5, 0.6) is 0 Å². The average molecular weight is 385 g/mol. The molecule has 2 aromatic heterocycles. The van der Waals surface area contributed by atoms with Gasteiger partial charge in [0.05, 0.1) is 20.1 Å². The molecule has 0 bridgehead atoms. The standard InChI is InChI=1S/C18H15N3O3S2/c1-10-7-12-8-13(3-5-15(12)20-18(10)22)21-26(23,24)14-4-6-17-16(9-14)19-11(2)25-17/h3-9,21H,1-2H3,(H,20,22). The minimum Gasteiger partial charge on any atom is -0.322 e. The number of hydrogen-bond acceptors (Lipinski definition) is 5. The number of anilines is 1. The second-order valence-corrected chi connectivity index (χ2v) is 8.97. The lowest BCUT2D eigenvalue weighted by molar-refractivity contribution is 0.601. The van der Waals surface area contributed by atoms with Crippen molar-refractivity contribution in [2.24, 2.45) is 0 Å². The third kappa shape index (κ3) is 2.97. The Morgan fingerprint density at radius 1 is 1.08 bits per heavy atom. The van der Waals surface area contributed by atoms with Gasteiger partial charge in [0.15, 0.2) is 0 Å². The monoisotopic (exact) mass is 385 g/mol. The molecular weight excluding hydrogens is 370 g/mol. The van der Waals surface area contributed by atoms with Gasteiger partial charge in [0.2, 0.25) is 0 Å². The summed E-state index contributed by atoms with van der Waals surface area (Å²) in [6.07, 6.45) is 0. The van der Waals surface area contributed by atoms with Gasteiger partial charge in [0.25, 0.3) is 15.6 Å². The second-order valence-electron chi connectivity index (χ2n) is 6.05. The first-order chi connectivity index (χ1) is 12.3. The molecule has 0 fully saturated rings. The maximum Gasteiger partial charge on any atom is 0.261 e. The lowest BCUT2D eigenvalue weighted by Gasteiger charge is -2.09. The Hall–Kier alpha value is -2.71. The molecule has 0 aliphatic rings. The van der Waals surface area contributed by atoms with Crippen molar-refractivity contribution in [3.05, 3.63) is 63.4 Å². The summed E-state index contributed by atoms with van der Waals surface area (Å²) in [5.74, 6) is 0. The molecule has 2 aromatic carbocycles. The zero-order valence-corrected chi connectivity index (χ0v) is 15.7. The normalized spacial score (nSPS) is 11.9. The van der Waals surface area contributed by atoms with Crippen molar-refractivity contribution in [3.8, 4) is 0 Å². The molecule has 2 heterocycles. The molecule has 2 N–H and O–H groups in total. The number of thiazole rings is 1. The van der Waals surface area contributed by atoms with Crippen LogP contribution in [0, 0.1) is 13.8 Å². The molecule has 0 aliphatic heterocycles. The number of nitrogens with zero attached hydrogens (tertiary/aromatic N) is 1. The Bertz CT molecular complexity index is 1320. The summed E-state index contributed by atoms with van der Waals surface area (Å²) >= 11 is 1.52. The van der Waals surface area contributed by atoms with Crippen LogP contribution in [0.1, 0.15) is 10.6 Å². The van der Waals surface area contributed by atoms with Gasteiger partial charge in [-0.05, 0) is 56.3 Å². The van der Waals surface area contributed by atoms with Crippen LogP contribution >= 0.6 is 11.3 Å². The highest BCUT2D eigenvalue weighted by Gasteiger charge is 2.16. The fourth-order valence-electron chi connectivity index (χ4n) is 2.78. The van der Waals surface area contributed by atoms with E-state index in [1.54, 1.807) is 49.4 Å². The Balaban J connectivity index is 1.73. The number of aromatic amines is 1. The number of aromatic nitrogens is 2. The van der Waals surface area contributed by atoms with Gasteiger partial charge in [-0.2, -0.15) is 0 Å². The first-order valence-corrected chi connectivity index (χ1v) is 10.2. The number of rotatable bonds is 3. The molecule has 0 atom stereocenters. The number of benzene rings is 2. The molecule has 26 heavy (non-hydrogen) atoms. The lowest BCUT2D eigenvalue weighted by atomic mass is 10.1. The summed E-state index contributed by atoms with van der Waals surface area (Å²) in [7, 11) is -3.74. The Morgan fingerprint density at radius 2 is 1.88 bits per heavy atom. The Kier molecular flexibility index (Phi) is 3.82. The van der Waals surface area contributed by atoms with Gasteiger partial charge < -0.3 is 4.98 Å². The zero-order valence-electron chi connectivity index (χ0n) is 14.0. The predicted molar refractivity (Wildman–Crippen MR) is 104 cm³/mol. The van der Waals surface area contributed by atoms with E-state index < -0.39 is 10.0 Å². The smallest absolute Gasteiger partial charge is 0.261 e. The van der Waals surface area contributed by atoms with E-state index in [1.165, 1.54) is 11.3 Å². The van der Waals surface area contributed by atoms with Crippen molar-refractivity contribution in [1.82, 2.24) is 9.97 Å². The highest BCUT2D eigenvalue weighted by Crippen LogP contribution is 2.26. The minimum absolute atomic E-state index is 0.155. The summed E-state index contributed by atoms with van der Waals surface area (Å²) in [4.78, 5) is 18.9. The van der Waals surface area contributed by atoms with Crippen LogP contribution in [0.2, 0.25) is 0 Å². The minimum atomic E-state index is -3.74. The molecule has 0 saturated heterocycles. The van der Waals surface area contributed by atoms with E-state index >= 15 is 0 Å². The van der Waals surface area contributed by atoms with Crippen LogP contribution in [0.15, 0.2) is 52.2 Å². The number of pyridine rings is 1. The van der Waals surface area contributed by atoms with E-state index in [9.17, 15) is 13.2 Å². The second kappa shape index (κ2) is 5.93. The number of hydrogen-bond donors (Lipinski definition) is 2. The van der Waals surface area contributed by atoms with E-state index in [-0.39, 0.29) is 10.5 Å². The molecule has 4 aromatic rings. The highest BCUT2D eigenvalue weighted by molar-refractivity contribution is 7.92. The van der Waals surface area contributed by atoms with E-state index in [4.69, 9.17) is 0 Å². The first kappa shape index (κ1) is 16.7. The Morgan fingerprint density at radius 3 is 2.69 bits per heavy atom. The molecule has 0 amide bonds. The molecular formula is C18H15N3O3S2. The SMILES string of the molecule is Cc1nc2cc(S(=O)(=O)Nc3ccc4[nH]c(=O)c(C)cc4c3)ccc2s1. The average Bonchev–Trinajstić information content (AvgIpc) is 2.95. The van der Waals surface area contributed by atoms with Crippen LogP contribution in [0.4, 0.5) is 5.69 Å². The van der Waals surface area contributed by atoms with Crippen LogP contribution in [-0.2, 0) is 10.0 Å². The molecule has 132 valence electrons. The molecule has 0 radical (unpaired) electrons. The van der Waals surface area contributed by atoms with Crippen molar-refractivity contribution in [3.63, 3.8) is 0 Å². The van der Waals surface area contributed by atoms with Gasteiger partial charge in [-0.3, -0.25) is 9.52 Å². The fourth-order valence-corrected chi connectivity index (χ4v) is 4.66. The maximum atomic E-state index is 12.7. The summed E-state index contributed by atoms with van der Waals surface area (Å²) in [6, 6.07) is 11.6. The van der Waals surface area contributed by atoms with Crippen molar-refractivity contribution in [2.75, 3.05) is 4.72 Å². The van der Waals surface area contributed by atoms with Gasteiger partial charge in [0, 0.05) is 22.2 Å². The molecule has 0 unspecified atom stereocenters. The van der Waals surface area contributed by atoms with Crippen molar-refractivity contribution >= 4 is 48.2 Å². The summed E-state index contributed by atoms with van der Waals surface area (Å²) in [5.41, 5.74) is 2.17. The van der Waals surface area contributed by atoms with E-state index in [2.05, 4.69) is 14.7 Å². The van der Waals surface area contributed by atoms with Crippen molar-refractivity contribution < 1.29 is 8.42 Å². The van der Waals surface area contributed by atoms with E-state index in [0.717, 1.165) is 15.1 Å². The molecule has 4 rings (SSSR count). The maximum absolute atomic E-state index is 12.7. The van der Waals surface area contributed by atoms with Gasteiger partial charge in [0.1, 0.15) is 0 Å². The highest BCUT2D eigenvalue weighted by atomic mass is 32.2. The van der Waals surface area contributed by atoms with Crippen molar-refractivity contribution in [2.45, 2.75) is 18.7 Å². The summed E-state index contributed by atoms with van der Waals surface area (Å²) in [5, 5.41) is 1.65. The van der Waals surface area contributed by atoms with Gasteiger partial charge in [-0.1, -0.05) is 0 Å². The van der Waals surface area contributed by atoms with Crippen molar-refractivity contribution in [1.29, 1.82) is 0 Å². The van der Waals surface area contributed by atoms with Crippen LogP contribution in [-0.4, -0.2) is 18.4 Å². The van der Waals surface area contributed by atoms with Crippen LogP contribution in [0.25, 0.3) is 21.1 Å². The fraction of sp³-hybridized carbons (Fsp3) is 0.111. The number of aryl methyl sites for hydroxylation is 2. The Labute approximate surface area is 153 Å². The van der Waals surface area contributed by atoms with Gasteiger partial charge >= 0.3 is 0 Å². The molecule has 0 aliphatic carbocycles. The molecule has 0 saturated carbocycles. The summed E-state index contributed by atoms with van der Waals surface area (Å²) in [6.45, 7) is 3.60. The van der Waals surface area contributed by atoms with Crippen LogP contribution in [0.3, 0.4) is 0 Å². The molecule has 0 spiro atoms. The van der Waals surface area contributed by atoms with Crippen LogP contribution < -0.4 is 10.3 Å². The topological polar surface area (TPSA) is 91.9 Å². The predicted octanol–water partition coefficient (Wildman–Crippen LogP) is 3.56. The quantitative estimate of drug-likeness (QED) is 0.564. The largest absolute Gasteiger partial charge is 0.322 e. The number of fused-ring (bicyclic) bond motifs is 2. The molecule has 8 heteroatoms. The summed E-state index contributed by atoms with van der Waals surface area (Å²) < 4.78 is 29.0. The third-order valence-electron chi connectivity index (χ3n) is 4.06. The first-order valence-electron chi connectivity index (χ1n) is 7.85. The number of nitrogens with one attached hydrogen (secondary N) is 2. The third-order valence-corrected chi connectivity index (χ3v) is 6.39. The molecule has 6 nitrogen and oxygen atoms in total. The lowest BCUT2D eigenvalue weighted by Crippen LogP contribution is -2.13. The van der Waals surface area contributed by atoms with Gasteiger partial charge in [-0.15, -0.1) is 11.3 Å². The van der Waals surface area contributed by atoms with E-state index in [1.807, 2.05) is 6.92 Å².